The van der Waals surface area contributed by atoms with Crippen LogP contribution in [0.3, 0.4) is 0 Å². The average molecular weight is 495 g/mol. The van der Waals surface area contributed by atoms with Gasteiger partial charge in [0.1, 0.15) is 6.04 Å². The lowest BCUT2D eigenvalue weighted by Crippen LogP contribution is -2.44. The molecule has 3 aliphatic heterocycles. The van der Waals surface area contributed by atoms with Crippen LogP contribution in [0.4, 0.5) is 0 Å². The van der Waals surface area contributed by atoms with Gasteiger partial charge in [0, 0.05) is 11.8 Å². The van der Waals surface area contributed by atoms with Gasteiger partial charge in [-0.3, -0.25) is 19.3 Å². The van der Waals surface area contributed by atoms with Gasteiger partial charge in [0.15, 0.2) is 17.3 Å². The van der Waals surface area contributed by atoms with Gasteiger partial charge < -0.3 is 14.4 Å². The zero-order valence-corrected chi connectivity index (χ0v) is 20.5. The van der Waals surface area contributed by atoms with Gasteiger partial charge >= 0.3 is 0 Å². The number of amides is 2. The number of benzene rings is 3. The molecular weight excluding hydrogens is 468 g/mol. The molecule has 2 fully saturated rings. The third-order valence-electron chi connectivity index (χ3n) is 7.67. The van der Waals surface area contributed by atoms with Crippen LogP contribution in [0.1, 0.15) is 33.1 Å². The Morgan fingerprint density at radius 2 is 1.54 bits per heavy atom. The Hall–Kier alpha value is -4.39. The predicted molar refractivity (Wildman–Crippen MR) is 137 cm³/mol. The van der Waals surface area contributed by atoms with Gasteiger partial charge in [0.25, 0.3) is 0 Å². The predicted octanol–water partition coefficient (Wildman–Crippen LogP) is 4.10. The van der Waals surface area contributed by atoms with Gasteiger partial charge in [-0.1, -0.05) is 54.6 Å². The number of nitrogens with zero attached hydrogens (tertiary/aromatic N) is 2. The number of likely N-dealkylation sites (tertiary alicyclic amines) is 1. The van der Waals surface area contributed by atoms with E-state index >= 15 is 0 Å². The minimum absolute atomic E-state index is 0.187. The van der Waals surface area contributed by atoms with E-state index in [1.165, 1.54) is 19.1 Å². The van der Waals surface area contributed by atoms with Gasteiger partial charge in [0.2, 0.25) is 11.8 Å². The number of carbonyl (C=O) groups excluding carboxylic acids is 3. The van der Waals surface area contributed by atoms with Crippen LogP contribution in [0, 0.1) is 11.8 Å². The first-order valence-corrected chi connectivity index (χ1v) is 12.2. The quantitative estimate of drug-likeness (QED) is 0.380. The number of methoxy groups -OCH3 is 2. The first-order chi connectivity index (χ1) is 18.0. The topological polar surface area (TPSA) is 76.2 Å². The monoisotopic (exact) mass is 494 g/mol. The van der Waals surface area contributed by atoms with E-state index in [2.05, 4.69) is 0 Å². The SMILES string of the molecule is COc1ccc(C(=O)[C@@H]2[C@@H]3C(=O)N(Cc4ccccc4)C(=O)[C@H]3[C@H]3c4ccccc4C=CN23)cc1OC. The highest BCUT2D eigenvalue weighted by Crippen LogP contribution is 2.53. The normalized spacial score (nSPS) is 23.5. The van der Waals surface area contributed by atoms with E-state index in [0.29, 0.717) is 17.1 Å². The molecule has 0 spiro atoms. The Morgan fingerprint density at radius 1 is 0.838 bits per heavy atom. The highest BCUT2D eigenvalue weighted by Gasteiger charge is 2.64. The molecule has 0 radical (unpaired) electrons. The van der Waals surface area contributed by atoms with Gasteiger partial charge in [-0.2, -0.15) is 0 Å². The van der Waals surface area contributed by atoms with Crippen molar-refractivity contribution in [2.24, 2.45) is 11.8 Å². The molecule has 3 aromatic rings. The van der Waals surface area contributed by atoms with Crippen molar-refractivity contribution in [3.05, 3.63) is 101 Å². The maximum atomic E-state index is 14.1. The average Bonchev–Trinajstić information content (AvgIpc) is 3.41. The highest BCUT2D eigenvalue weighted by molar-refractivity contribution is 6.12. The Bertz CT molecular complexity index is 1430. The van der Waals surface area contributed by atoms with Crippen LogP contribution in [-0.4, -0.2) is 47.7 Å². The summed E-state index contributed by atoms with van der Waals surface area (Å²) in [6, 6.07) is 21.1. The van der Waals surface area contributed by atoms with E-state index in [1.807, 2.05) is 71.8 Å². The van der Waals surface area contributed by atoms with E-state index in [0.717, 1.165) is 16.7 Å². The Labute approximate surface area is 214 Å². The number of Topliss-reactive ketones (excluding diaryl/α,β-unsaturated/α-hetero) is 1. The second-order valence-corrected chi connectivity index (χ2v) is 9.52. The molecule has 2 saturated heterocycles. The van der Waals surface area contributed by atoms with Crippen LogP contribution in [0.25, 0.3) is 6.08 Å². The van der Waals surface area contributed by atoms with Crippen LogP contribution in [-0.2, 0) is 16.1 Å². The molecule has 0 saturated carbocycles. The van der Waals surface area contributed by atoms with Crippen molar-refractivity contribution < 1.29 is 23.9 Å². The van der Waals surface area contributed by atoms with Crippen molar-refractivity contribution in [2.75, 3.05) is 14.2 Å². The molecule has 6 rings (SSSR count). The molecule has 7 heteroatoms. The number of imide groups is 1. The molecule has 3 aliphatic rings. The highest BCUT2D eigenvalue weighted by atomic mass is 16.5. The van der Waals surface area contributed by atoms with Crippen LogP contribution >= 0.6 is 0 Å². The molecule has 0 bridgehead atoms. The van der Waals surface area contributed by atoms with Crippen LogP contribution < -0.4 is 9.47 Å². The first kappa shape index (κ1) is 23.0. The summed E-state index contributed by atoms with van der Waals surface area (Å²) in [6.45, 7) is 0.187. The molecule has 7 nitrogen and oxygen atoms in total. The number of ketones is 1. The standard InChI is InChI=1S/C30H26N2O5/c1-36-22-13-12-20(16-23(22)37-2)28(33)27-25-24(26-21-11-7-6-10-19(21)14-15-31(26)27)29(34)32(30(25)35)17-18-8-4-3-5-9-18/h3-16,24-27H,17H2,1-2H3/t24-,25-,26-,27+/m1/s1. The van der Waals surface area contributed by atoms with Crippen LogP contribution in [0.5, 0.6) is 11.5 Å². The maximum Gasteiger partial charge on any atom is 0.236 e. The number of fused-ring (bicyclic) bond motifs is 5. The summed E-state index contributed by atoms with van der Waals surface area (Å²) in [4.78, 5) is 45.1. The fourth-order valence-electron chi connectivity index (χ4n) is 6.00. The lowest BCUT2D eigenvalue weighted by Gasteiger charge is -2.35. The molecular formula is C30H26N2O5. The smallest absolute Gasteiger partial charge is 0.236 e. The number of hydrogen-bond donors (Lipinski definition) is 0. The Morgan fingerprint density at radius 3 is 2.30 bits per heavy atom. The van der Waals surface area contributed by atoms with Crippen molar-refractivity contribution >= 4 is 23.7 Å². The number of hydrogen-bond acceptors (Lipinski definition) is 6. The largest absolute Gasteiger partial charge is 0.493 e. The van der Waals surface area contributed by atoms with E-state index in [-0.39, 0.29) is 24.1 Å². The number of ether oxygens (including phenoxy) is 2. The molecule has 2 amide bonds. The zero-order chi connectivity index (χ0) is 25.7. The van der Waals surface area contributed by atoms with Crippen molar-refractivity contribution in [1.82, 2.24) is 9.80 Å². The molecule has 4 atom stereocenters. The van der Waals surface area contributed by atoms with Gasteiger partial charge in [-0.25, -0.2) is 0 Å². The van der Waals surface area contributed by atoms with Crippen molar-refractivity contribution in [3.8, 4) is 11.5 Å². The second-order valence-electron chi connectivity index (χ2n) is 9.52. The summed E-state index contributed by atoms with van der Waals surface area (Å²) >= 11 is 0. The van der Waals surface area contributed by atoms with Gasteiger partial charge in [0.05, 0.1) is 38.6 Å². The lowest BCUT2D eigenvalue weighted by molar-refractivity contribution is -0.142. The molecule has 0 aliphatic carbocycles. The van der Waals surface area contributed by atoms with E-state index in [4.69, 9.17) is 9.47 Å². The van der Waals surface area contributed by atoms with Gasteiger partial charge in [-0.15, -0.1) is 0 Å². The summed E-state index contributed by atoms with van der Waals surface area (Å²) < 4.78 is 10.7. The summed E-state index contributed by atoms with van der Waals surface area (Å²) in [7, 11) is 3.05. The van der Waals surface area contributed by atoms with Crippen LogP contribution in [0.15, 0.2) is 79.0 Å². The Balaban J connectivity index is 1.44. The number of carbonyl (C=O) groups is 3. The van der Waals surface area contributed by atoms with Gasteiger partial charge in [-0.05, 0) is 41.0 Å². The summed E-state index contributed by atoms with van der Waals surface area (Å²) in [5.74, 6) is -1.29. The van der Waals surface area contributed by atoms with E-state index < -0.39 is 23.9 Å². The third kappa shape index (κ3) is 3.53. The summed E-state index contributed by atoms with van der Waals surface area (Å²) in [5.41, 5.74) is 3.21. The molecule has 186 valence electrons. The molecule has 3 heterocycles. The lowest BCUT2D eigenvalue weighted by atomic mass is 9.83. The molecule has 0 unspecified atom stereocenters. The van der Waals surface area contributed by atoms with Crippen molar-refractivity contribution in [2.45, 2.75) is 18.6 Å². The van der Waals surface area contributed by atoms with Crippen LogP contribution in [0.2, 0.25) is 0 Å². The number of rotatable bonds is 6. The minimum atomic E-state index is -0.824. The fraction of sp³-hybridized carbons (Fsp3) is 0.233. The van der Waals surface area contributed by atoms with E-state index in [1.54, 1.807) is 18.2 Å². The van der Waals surface area contributed by atoms with Crippen molar-refractivity contribution in [3.63, 3.8) is 0 Å². The van der Waals surface area contributed by atoms with Crippen molar-refractivity contribution in [1.29, 1.82) is 0 Å². The first-order valence-electron chi connectivity index (χ1n) is 12.2. The zero-order valence-electron chi connectivity index (χ0n) is 20.5. The third-order valence-corrected chi connectivity index (χ3v) is 7.67. The van der Waals surface area contributed by atoms with E-state index in [9.17, 15) is 14.4 Å². The molecule has 3 aromatic carbocycles. The molecule has 0 aromatic heterocycles. The summed E-state index contributed by atoms with van der Waals surface area (Å²) in [6.07, 6.45) is 3.80. The Kier molecular flexibility index (Phi) is 5.56. The second kappa shape index (κ2) is 8.92. The fourth-order valence-corrected chi connectivity index (χ4v) is 6.00. The minimum Gasteiger partial charge on any atom is -0.493 e. The molecule has 37 heavy (non-hydrogen) atoms. The maximum absolute atomic E-state index is 14.1. The summed E-state index contributed by atoms with van der Waals surface area (Å²) in [5, 5.41) is 0. The molecule has 0 N–H and O–H groups in total.